The molecule has 0 saturated carbocycles. The lowest BCUT2D eigenvalue weighted by atomic mass is 9.96. The fourth-order valence-corrected chi connectivity index (χ4v) is 2.74. The van der Waals surface area contributed by atoms with E-state index in [-0.39, 0.29) is 18.9 Å². The third kappa shape index (κ3) is 6.88. The minimum absolute atomic E-state index is 0.0743. The van der Waals surface area contributed by atoms with Gasteiger partial charge < -0.3 is 15.2 Å². The maximum atomic E-state index is 12.5. The predicted octanol–water partition coefficient (Wildman–Crippen LogP) is 3.76. The van der Waals surface area contributed by atoms with Crippen molar-refractivity contribution in [2.24, 2.45) is 0 Å². The van der Waals surface area contributed by atoms with Crippen LogP contribution in [0.5, 0.6) is 5.75 Å². The van der Waals surface area contributed by atoms with E-state index < -0.39 is 17.3 Å². The lowest BCUT2D eigenvalue weighted by molar-refractivity contribution is -0.137. The third-order valence-electron chi connectivity index (χ3n) is 4.33. The van der Waals surface area contributed by atoms with E-state index in [4.69, 9.17) is 4.74 Å². The number of amides is 1. The van der Waals surface area contributed by atoms with Gasteiger partial charge >= 0.3 is 6.18 Å². The van der Waals surface area contributed by atoms with Gasteiger partial charge in [0.25, 0.3) is 0 Å². The van der Waals surface area contributed by atoms with Gasteiger partial charge in [-0.25, -0.2) is 0 Å². The summed E-state index contributed by atoms with van der Waals surface area (Å²) in [6.45, 7) is 1.71. The minimum Gasteiger partial charge on any atom is -0.497 e. The highest BCUT2D eigenvalue weighted by molar-refractivity contribution is 5.76. The SMILES string of the molecule is COc1ccc(C[C@](C)(O)CNC(=O)CCc2ccc(C(F)(F)F)cc2)cc1. The summed E-state index contributed by atoms with van der Waals surface area (Å²) < 4.78 is 42.7. The zero-order valence-corrected chi connectivity index (χ0v) is 15.8. The first-order valence-corrected chi connectivity index (χ1v) is 8.87. The molecule has 4 nitrogen and oxygen atoms in total. The molecule has 7 heteroatoms. The summed E-state index contributed by atoms with van der Waals surface area (Å²) >= 11 is 0. The van der Waals surface area contributed by atoms with Gasteiger partial charge in [-0.05, 0) is 48.7 Å². The molecule has 0 spiro atoms. The number of halogens is 3. The number of methoxy groups -OCH3 is 1. The van der Waals surface area contributed by atoms with Crippen molar-refractivity contribution in [1.29, 1.82) is 0 Å². The van der Waals surface area contributed by atoms with Crippen LogP contribution in [0.2, 0.25) is 0 Å². The molecule has 0 unspecified atom stereocenters. The Morgan fingerprint density at radius 3 is 2.14 bits per heavy atom. The van der Waals surface area contributed by atoms with E-state index in [1.54, 1.807) is 26.2 Å². The van der Waals surface area contributed by atoms with Gasteiger partial charge in [0.15, 0.2) is 0 Å². The standard InChI is InChI=1S/C21H24F3NO3/c1-20(27,13-16-5-10-18(28-2)11-6-16)14-25-19(26)12-7-15-3-8-17(9-4-15)21(22,23)24/h3-6,8-11,27H,7,12-14H2,1-2H3,(H,25,26)/t20-/m0/s1. The van der Waals surface area contributed by atoms with E-state index in [2.05, 4.69) is 5.32 Å². The number of aliphatic hydroxyl groups is 1. The van der Waals surface area contributed by atoms with Crippen molar-refractivity contribution in [2.45, 2.75) is 38.0 Å². The fraction of sp³-hybridized carbons (Fsp3) is 0.381. The predicted molar refractivity (Wildman–Crippen MR) is 100 cm³/mol. The van der Waals surface area contributed by atoms with Gasteiger partial charge in [-0.2, -0.15) is 13.2 Å². The molecule has 2 aromatic rings. The van der Waals surface area contributed by atoms with Crippen molar-refractivity contribution in [2.75, 3.05) is 13.7 Å². The molecule has 2 N–H and O–H groups in total. The number of aryl methyl sites for hydroxylation is 1. The largest absolute Gasteiger partial charge is 0.497 e. The molecule has 0 fully saturated rings. The Bertz CT molecular complexity index is 769. The highest BCUT2D eigenvalue weighted by Crippen LogP contribution is 2.29. The summed E-state index contributed by atoms with van der Waals surface area (Å²) in [6.07, 6.45) is -3.56. The molecule has 0 aromatic heterocycles. The lowest BCUT2D eigenvalue weighted by Crippen LogP contribution is -2.42. The van der Waals surface area contributed by atoms with Gasteiger partial charge in [0.05, 0.1) is 18.3 Å². The van der Waals surface area contributed by atoms with Crippen LogP contribution in [0.4, 0.5) is 13.2 Å². The molecule has 152 valence electrons. The van der Waals surface area contributed by atoms with Crippen LogP contribution in [0.25, 0.3) is 0 Å². The van der Waals surface area contributed by atoms with Gasteiger partial charge in [0.2, 0.25) is 5.91 Å². The van der Waals surface area contributed by atoms with Crippen LogP contribution in [-0.2, 0) is 23.8 Å². The van der Waals surface area contributed by atoms with Crippen LogP contribution in [0.3, 0.4) is 0 Å². The Labute approximate surface area is 162 Å². The van der Waals surface area contributed by atoms with Crippen molar-refractivity contribution in [3.8, 4) is 5.75 Å². The topological polar surface area (TPSA) is 58.6 Å². The number of alkyl halides is 3. The van der Waals surface area contributed by atoms with Gasteiger partial charge in [-0.3, -0.25) is 4.79 Å². The van der Waals surface area contributed by atoms with Crippen LogP contribution in [0.15, 0.2) is 48.5 Å². The maximum Gasteiger partial charge on any atom is 0.416 e. The number of carbonyl (C=O) groups is 1. The Hall–Kier alpha value is -2.54. The summed E-state index contributed by atoms with van der Waals surface area (Å²) in [4.78, 5) is 12.0. The van der Waals surface area contributed by atoms with E-state index in [0.29, 0.717) is 18.4 Å². The zero-order valence-electron chi connectivity index (χ0n) is 15.8. The number of ether oxygens (including phenoxy) is 1. The molecule has 2 aromatic carbocycles. The fourth-order valence-electron chi connectivity index (χ4n) is 2.74. The molecule has 1 atom stereocenters. The second-order valence-electron chi connectivity index (χ2n) is 6.99. The number of rotatable bonds is 8. The average molecular weight is 395 g/mol. The molecule has 2 rings (SSSR count). The number of benzene rings is 2. The first-order valence-electron chi connectivity index (χ1n) is 8.87. The number of hydrogen-bond donors (Lipinski definition) is 2. The molecule has 0 heterocycles. The summed E-state index contributed by atoms with van der Waals surface area (Å²) in [6, 6.07) is 12.0. The Morgan fingerprint density at radius 1 is 1.04 bits per heavy atom. The van der Waals surface area contributed by atoms with Crippen LogP contribution in [0.1, 0.15) is 30.0 Å². The molecular formula is C21H24F3NO3. The van der Waals surface area contributed by atoms with Gasteiger partial charge in [0.1, 0.15) is 5.75 Å². The number of carbonyl (C=O) groups excluding carboxylic acids is 1. The normalized spacial score (nSPS) is 13.6. The molecule has 28 heavy (non-hydrogen) atoms. The molecule has 0 bridgehead atoms. The first kappa shape index (κ1) is 21.8. The van der Waals surface area contributed by atoms with Crippen molar-refractivity contribution in [1.82, 2.24) is 5.32 Å². The summed E-state index contributed by atoms with van der Waals surface area (Å²) in [5.41, 5.74) is -0.285. The smallest absolute Gasteiger partial charge is 0.416 e. The summed E-state index contributed by atoms with van der Waals surface area (Å²) in [5.74, 6) is 0.454. The lowest BCUT2D eigenvalue weighted by Gasteiger charge is -2.24. The van der Waals surface area contributed by atoms with Crippen LogP contribution in [-0.4, -0.2) is 30.3 Å². The first-order chi connectivity index (χ1) is 13.1. The summed E-state index contributed by atoms with van der Waals surface area (Å²) in [5, 5.41) is 13.2. The third-order valence-corrected chi connectivity index (χ3v) is 4.33. The second-order valence-corrected chi connectivity index (χ2v) is 6.99. The number of nitrogens with one attached hydrogen (secondary N) is 1. The van der Waals surface area contributed by atoms with Crippen LogP contribution < -0.4 is 10.1 Å². The summed E-state index contributed by atoms with van der Waals surface area (Å²) in [7, 11) is 1.57. The van der Waals surface area contributed by atoms with Crippen molar-refractivity contribution in [3.05, 3.63) is 65.2 Å². The van der Waals surface area contributed by atoms with Gasteiger partial charge in [-0.15, -0.1) is 0 Å². The van der Waals surface area contributed by atoms with Crippen LogP contribution >= 0.6 is 0 Å². The molecule has 0 radical (unpaired) electrons. The Kier molecular flexibility index (Phi) is 7.07. The van der Waals surface area contributed by atoms with Gasteiger partial charge in [-0.1, -0.05) is 24.3 Å². The van der Waals surface area contributed by atoms with E-state index in [0.717, 1.165) is 23.4 Å². The molecule has 0 aliphatic carbocycles. The Balaban J connectivity index is 1.79. The van der Waals surface area contributed by atoms with E-state index >= 15 is 0 Å². The quantitative estimate of drug-likeness (QED) is 0.716. The Morgan fingerprint density at radius 2 is 1.61 bits per heavy atom. The maximum absolute atomic E-state index is 12.5. The minimum atomic E-state index is -4.37. The zero-order chi connectivity index (χ0) is 20.8. The molecule has 0 saturated heterocycles. The second kappa shape index (κ2) is 9.10. The molecular weight excluding hydrogens is 371 g/mol. The molecule has 1 amide bonds. The van der Waals surface area contributed by atoms with Gasteiger partial charge in [0, 0.05) is 19.4 Å². The monoisotopic (exact) mass is 395 g/mol. The van der Waals surface area contributed by atoms with Crippen molar-refractivity contribution in [3.63, 3.8) is 0 Å². The molecule has 0 aliphatic heterocycles. The van der Waals surface area contributed by atoms with E-state index in [1.165, 1.54) is 12.1 Å². The van der Waals surface area contributed by atoms with Crippen LogP contribution in [0, 0.1) is 0 Å². The van der Waals surface area contributed by atoms with Crippen molar-refractivity contribution >= 4 is 5.91 Å². The van der Waals surface area contributed by atoms with E-state index in [1.807, 2.05) is 12.1 Å². The van der Waals surface area contributed by atoms with Crippen molar-refractivity contribution < 1.29 is 27.8 Å². The highest BCUT2D eigenvalue weighted by atomic mass is 19.4. The van der Waals surface area contributed by atoms with E-state index in [9.17, 15) is 23.1 Å². The highest BCUT2D eigenvalue weighted by Gasteiger charge is 2.29. The molecule has 0 aliphatic rings. The average Bonchev–Trinajstić information content (AvgIpc) is 2.65. The number of hydrogen-bond acceptors (Lipinski definition) is 3.